The number of halogens is 5. The van der Waals surface area contributed by atoms with E-state index < -0.39 is 17.6 Å². The van der Waals surface area contributed by atoms with Crippen LogP contribution in [0.4, 0.5) is 17.6 Å². The highest BCUT2D eigenvalue weighted by Crippen LogP contribution is 2.37. The molecule has 6 heteroatoms. The van der Waals surface area contributed by atoms with Crippen molar-refractivity contribution < 1.29 is 17.6 Å². The normalized spacial score (nSPS) is 11.8. The first kappa shape index (κ1) is 10.8. The number of hydrogen-bond donors (Lipinski definition) is 1. The fourth-order valence-electron chi connectivity index (χ4n) is 0.831. The molecule has 0 N–H and O–H groups in total. The van der Waals surface area contributed by atoms with Crippen molar-refractivity contribution >= 4 is 28.6 Å². The van der Waals surface area contributed by atoms with Gasteiger partial charge in [-0.2, -0.15) is 13.2 Å². The van der Waals surface area contributed by atoms with E-state index in [2.05, 4.69) is 28.6 Å². The fraction of sp³-hybridized carbons (Fsp3) is 0.143. The lowest BCUT2D eigenvalue weighted by atomic mass is 10.2. The second-order valence-electron chi connectivity index (χ2n) is 2.28. The van der Waals surface area contributed by atoms with Crippen molar-refractivity contribution in [1.82, 2.24) is 0 Å². The Morgan fingerprint density at radius 2 is 1.77 bits per heavy atom. The van der Waals surface area contributed by atoms with Gasteiger partial charge >= 0.3 is 6.18 Å². The van der Waals surface area contributed by atoms with E-state index in [1.807, 2.05) is 0 Å². The second-order valence-corrected chi connectivity index (χ2v) is 3.65. The van der Waals surface area contributed by atoms with Crippen LogP contribution >= 0.6 is 28.6 Å². The third-order valence-corrected chi connectivity index (χ3v) is 2.19. The van der Waals surface area contributed by atoms with Gasteiger partial charge in [-0.1, -0.05) is 15.9 Å². The number of hydrogen-bond acceptors (Lipinski definition) is 1. The maximum Gasteiger partial charge on any atom is 0.420 e. The quantitative estimate of drug-likeness (QED) is 0.539. The van der Waals surface area contributed by atoms with E-state index in [1.165, 1.54) is 0 Å². The van der Waals surface area contributed by atoms with Gasteiger partial charge in [-0.05, 0) is 12.1 Å². The first-order chi connectivity index (χ1) is 5.82. The van der Waals surface area contributed by atoms with Crippen LogP contribution < -0.4 is 0 Å². The molecule has 13 heavy (non-hydrogen) atoms. The zero-order valence-electron chi connectivity index (χ0n) is 5.99. The molecule has 0 unspecified atom stereocenters. The number of alkyl halides is 3. The summed E-state index contributed by atoms with van der Waals surface area (Å²) in [5, 5.41) is 0. The third-order valence-electron chi connectivity index (χ3n) is 1.31. The van der Waals surface area contributed by atoms with Crippen molar-refractivity contribution in [1.29, 1.82) is 0 Å². The van der Waals surface area contributed by atoms with E-state index in [4.69, 9.17) is 0 Å². The first-order valence-corrected chi connectivity index (χ1v) is 4.31. The van der Waals surface area contributed by atoms with Crippen LogP contribution in [-0.4, -0.2) is 0 Å². The standard InChI is InChI=1S/C7H3BrF4S/c8-4-1-3(13)2-5(9)6(4)7(10,11)12/h1-2,13H. The molecule has 0 fully saturated rings. The summed E-state index contributed by atoms with van der Waals surface area (Å²) >= 11 is 6.35. The van der Waals surface area contributed by atoms with Crippen molar-refractivity contribution in [3.8, 4) is 0 Å². The Kier molecular flexibility index (Phi) is 2.91. The molecule has 0 aliphatic carbocycles. The lowest BCUT2D eigenvalue weighted by Gasteiger charge is -2.10. The summed E-state index contributed by atoms with van der Waals surface area (Å²) in [6, 6.07) is 1.81. The van der Waals surface area contributed by atoms with Gasteiger partial charge in [0.05, 0.1) is 0 Å². The maximum atomic E-state index is 12.8. The molecule has 0 saturated heterocycles. The molecule has 0 atom stereocenters. The first-order valence-electron chi connectivity index (χ1n) is 3.07. The highest BCUT2D eigenvalue weighted by Gasteiger charge is 2.36. The average molecular weight is 275 g/mol. The summed E-state index contributed by atoms with van der Waals surface area (Å²) in [6.45, 7) is 0. The zero-order valence-corrected chi connectivity index (χ0v) is 8.47. The van der Waals surface area contributed by atoms with Crippen LogP contribution in [0.25, 0.3) is 0 Å². The Morgan fingerprint density at radius 3 is 2.15 bits per heavy atom. The molecule has 72 valence electrons. The molecule has 0 amide bonds. The second kappa shape index (κ2) is 3.49. The van der Waals surface area contributed by atoms with Crippen LogP contribution in [0, 0.1) is 5.82 Å². The molecule has 0 bridgehead atoms. The number of benzene rings is 1. The molecular weight excluding hydrogens is 272 g/mol. The van der Waals surface area contributed by atoms with E-state index in [0.717, 1.165) is 12.1 Å². The Bertz CT molecular complexity index is 311. The minimum atomic E-state index is -4.69. The van der Waals surface area contributed by atoms with E-state index >= 15 is 0 Å². The van der Waals surface area contributed by atoms with Gasteiger partial charge in [-0.15, -0.1) is 12.6 Å². The summed E-state index contributed by atoms with van der Waals surface area (Å²) < 4.78 is 48.9. The highest BCUT2D eigenvalue weighted by molar-refractivity contribution is 9.10. The van der Waals surface area contributed by atoms with Gasteiger partial charge in [0.25, 0.3) is 0 Å². The van der Waals surface area contributed by atoms with Gasteiger partial charge in [-0.3, -0.25) is 0 Å². The van der Waals surface area contributed by atoms with E-state index in [-0.39, 0.29) is 9.37 Å². The van der Waals surface area contributed by atoms with Crippen molar-refractivity contribution in [3.63, 3.8) is 0 Å². The summed E-state index contributed by atoms with van der Waals surface area (Å²) in [4.78, 5) is 0.136. The van der Waals surface area contributed by atoms with Crippen LogP contribution in [0.1, 0.15) is 5.56 Å². The molecule has 1 rings (SSSR count). The fourth-order valence-corrected chi connectivity index (χ4v) is 1.91. The number of thiol groups is 1. The predicted molar refractivity (Wildman–Crippen MR) is 46.4 cm³/mol. The molecule has 1 aromatic carbocycles. The van der Waals surface area contributed by atoms with Crippen molar-refractivity contribution in [2.75, 3.05) is 0 Å². The Labute approximate surface area is 85.5 Å². The summed E-state index contributed by atoms with van der Waals surface area (Å²) in [7, 11) is 0. The molecule has 0 aromatic heterocycles. The largest absolute Gasteiger partial charge is 0.420 e. The van der Waals surface area contributed by atoms with Gasteiger partial charge < -0.3 is 0 Å². The van der Waals surface area contributed by atoms with E-state index in [9.17, 15) is 17.6 Å². The minimum absolute atomic E-state index is 0.136. The van der Waals surface area contributed by atoms with Gasteiger partial charge in [-0.25, -0.2) is 4.39 Å². The summed E-state index contributed by atoms with van der Waals surface area (Å²) in [5.41, 5.74) is -1.30. The number of rotatable bonds is 0. The van der Waals surface area contributed by atoms with Crippen LogP contribution in [-0.2, 0) is 6.18 Å². The van der Waals surface area contributed by atoms with Crippen LogP contribution in [0.3, 0.4) is 0 Å². The van der Waals surface area contributed by atoms with Gasteiger partial charge in [0, 0.05) is 9.37 Å². The van der Waals surface area contributed by atoms with E-state index in [0.29, 0.717) is 0 Å². The summed E-state index contributed by atoms with van der Waals surface area (Å²) in [6.07, 6.45) is -4.69. The zero-order chi connectivity index (χ0) is 10.2. The monoisotopic (exact) mass is 274 g/mol. The highest BCUT2D eigenvalue weighted by atomic mass is 79.9. The molecular formula is C7H3BrF4S. The van der Waals surface area contributed by atoms with Crippen molar-refractivity contribution in [2.24, 2.45) is 0 Å². The topological polar surface area (TPSA) is 0 Å². The molecule has 0 aliphatic rings. The van der Waals surface area contributed by atoms with Crippen LogP contribution in [0.2, 0.25) is 0 Å². The molecule has 0 radical (unpaired) electrons. The Hall–Kier alpha value is -0.230. The van der Waals surface area contributed by atoms with Gasteiger partial charge in [0.15, 0.2) is 0 Å². The lowest BCUT2D eigenvalue weighted by Crippen LogP contribution is -2.09. The molecule has 0 spiro atoms. The lowest BCUT2D eigenvalue weighted by molar-refractivity contribution is -0.140. The molecule has 1 aromatic rings. The molecule has 0 heterocycles. The Morgan fingerprint density at radius 1 is 1.23 bits per heavy atom. The predicted octanol–water partition coefficient (Wildman–Crippen LogP) is 3.90. The third kappa shape index (κ3) is 2.37. The van der Waals surface area contributed by atoms with Crippen molar-refractivity contribution in [3.05, 3.63) is 28.0 Å². The van der Waals surface area contributed by atoms with Crippen LogP contribution in [0.15, 0.2) is 21.5 Å². The van der Waals surface area contributed by atoms with E-state index in [1.54, 1.807) is 0 Å². The van der Waals surface area contributed by atoms with Crippen LogP contribution in [0.5, 0.6) is 0 Å². The minimum Gasteiger partial charge on any atom is -0.206 e. The SMILES string of the molecule is Fc1cc(S)cc(Br)c1C(F)(F)F. The Balaban J connectivity index is 3.38. The maximum absolute atomic E-state index is 12.8. The molecule has 0 nitrogen and oxygen atoms in total. The van der Waals surface area contributed by atoms with Gasteiger partial charge in [0.1, 0.15) is 11.4 Å². The molecule has 0 aliphatic heterocycles. The summed E-state index contributed by atoms with van der Waals surface area (Å²) in [5.74, 6) is -1.33. The molecule has 0 saturated carbocycles. The van der Waals surface area contributed by atoms with Gasteiger partial charge in [0.2, 0.25) is 0 Å². The average Bonchev–Trinajstić information content (AvgIpc) is 1.78. The smallest absolute Gasteiger partial charge is 0.206 e. The van der Waals surface area contributed by atoms with Crippen molar-refractivity contribution in [2.45, 2.75) is 11.1 Å².